The van der Waals surface area contributed by atoms with Crippen LogP contribution in [-0.2, 0) is 0 Å². The number of carbonyl (C=O) groups is 2. The second kappa shape index (κ2) is 10.1. The third-order valence-electron chi connectivity index (χ3n) is 1.84. The van der Waals surface area contributed by atoms with E-state index in [0.29, 0.717) is 13.1 Å². The molecule has 16 heavy (non-hydrogen) atoms. The lowest BCUT2D eigenvalue weighted by molar-refractivity contribution is 0.241. The Morgan fingerprint density at radius 2 is 1.25 bits per heavy atom. The lowest BCUT2D eigenvalue weighted by Gasteiger charge is -1.99. The highest BCUT2D eigenvalue weighted by atomic mass is 16.2. The van der Waals surface area contributed by atoms with Gasteiger partial charge in [0, 0.05) is 13.1 Å². The number of urea groups is 2. The molecule has 0 rings (SSSR count). The number of nitrogens with zero attached hydrogens (tertiary/aromatic N) is 2. The number of hydrogen-bond acceptors (Lipinski definition) is 2. The molecule has 0 aliphatic carbocycles. The molecule has 92 valence electrons. The first-order valence-electron chi connectivity index (χ1n) is 5.68. The van der Waals surface area contributed by atoms with Gasteiger partial charge in [-0.3, -0.25) is 0 Å². The molecule has 0 saturated heterocycles. The average Bonchev–Trinajstić information content (AvgIpc) is 2.27. The van der Waals surface area contributed by atoms with E-state index in [2.05, 4.69) is 20.9 Å². The van der Waals surface area contributed by atoms with E-state index < -0.39 is 12.1 Å². The lowest BCUT2D eigenvalue weighted by atomic mass is 10.3. The zero-order valence-electron chi connectivity index (χ0n) is 9.95. The van der Waals surface area contributed by atoms with E-state index in [1.54, 1.807) is 0 Å². The van der Waals surface area contributed by atoms with Crippen molar-refractivity contribution in [1.82, 2.24) is 10.6 Å². The van der Waals surface area contributed by atoms with Gasteiger partial charge in [0.2, 0.25) is 0 Å². The molecule has 6 heteroatoms. The monoisotopic (exact) mass is 228 g/mol. The maximum atomic E-state index is 11.0. The summed E-state index contributed by atoms with van der Waals surface area (Å²) in [6.45, 7) is 5.17. The molecule has 0 aliphatic heterocycles. The molecule has 0 unspecified atom stereocenters. The van der Waals surface area contributed by atoms with Crippen LogP contribution in [0.5, 0.6) is 0 Å². The fraction of sp³-hybridized carbons (Fsp3) is 0.800. The Kier molecular flexibility index (Phi) is 9.15. The molecule has 0 atom stereocenters. The molecule has 6 nitrogen and oxygen atoms in total. The van der Waals surface area contributed by atoms with Crippen molar-refractivity contribution in [1.29, 1.82) is 0 Å². The van der Waals surface area contributed by atoms with Gasteiger partial charge in [-0.2, -0.15) is 0 Å². The summed E-state index contributed by atoms with van der Waals surface area (Å²) >= 11 is 0. The van der Waals surface area contributed by atoms with Gasteiger partial charge < -0.3 is 10.6 Å². The molecule has 0 aromatic carbocycles. The summed E-state index contributed by atoms with van der Waals surface area (Å²) in [6.07, 6.45) is 3.78. The highest BCUT2D eigenvalue weighted by molar-refractivity contribution is 5.79. The third kappa shape index (κ3) is 9.11. The van der Waals surface area contributed by atoms with Gasteiger partial charge in [0.15, 0.2) is 0 Å². The molecule has 2 N–H and O–H groups in total. The van der Waals surface area contributed by atoms with E-state index >= 15 is 0 Å². The van der Waals surface area contributed by atoms with E-state index in [-0.39, 0.29) is 0 Å². The van der Waals surface area contributed by atoms with Crippen LogP contribution in [-0.4, -0.2) is 25.2 Å². The van der Waals surface area contributed by atoms with E-state index in [9.17, 15) is 9.59 Å². The average molecular weight is 228 g/mol. The second-order valence-corrected chi connectivity index (χ2v) is 3.37. The normalized spacial score (nSPS) is 10.4. The van der Waals surface area contributed by atoms with Crippen molar-refractivity contribution in [3.8, 4) is 0 Å². The molecule has 0 bridgehead atoms. The number of hydrogen-bond donors (Lipinski definition) is 2. The highest BCUT2D eigenvalue weighted by Crippen LogP contribution is 1.87. The van der Waals surface area contributed by atoms with Crippen LogP contribution in [0.15, 0.2) is 10.2 Å². The molecule has 0 spiro atoms. The Morgan fingerprint density at radius 1 is 0.875 bits per heavy atom. The summed E-state index contributed by atoms with van der Waals surface area (Å²) in [6, 6.07) is -1.14. The third-order valence-corrected chi connectivity index (χ3v) is 1.84. The van der Waals surface area contributed by atoms with Gasteiger partial charge in [-0.05, 0) is 12.8 Å². The largest absolute Gasteiger partial charge is 0.359 e. The number of carbonyl (C=O) groups excluding carboxylic acids is 2. The quantitative estimate of drug-likeness (QED) is 0.540. The van der Waals surface area contributed by atoms with Crippen molar-refractivity contribution in [3.63, 3.8) is 0 Å². The first-order valence-corrected chi connectivity index (χ1v) is 5.68. The van der Waals surface area contributed by atoms with Gasteiger partial charge in [-0.1, -0.05) is 36.9 Å². The van der Waals surface area contributed by atoms with Crippen LogP contribution in [0.25, 0.3) is 0 Å². The molecule has 0 radical (unpaired) electrons. The van der Waals surface area contributed by atoms with Gasteiger partial charge >= 0.3 is 12.1 Å². The van der Waals surface area contributed by atoms with Crippen molar-refractivity contribution in [2.75, 3.05) is 13.1 Å². The first-order chi connectivity index (χ1) is 7.70. The van der Waals surface area contributed by atoms with Crippen LogP contribution >= 0.6 is 0 Å². The summed E-state index contributed by atoms with van der Waals surface area (Å²) in [7, 11) is 0. The predicted octanol–water partition coefficient (Wildman–Crippen LogP) is 2.46. The van der Waals surface area contributed by atoms with Crippen molar-refractivity contribution in [2.24, 2.45) is 10.2 Å². The van der Waals surface area contributed by atoms with Crippen molar-refractivity contribution in [3.05, 3.63) is 0 Å². The number of azo groups is 1. The molecule has 0 saturated carbocycles. The summed E-state index contributed by atoms with van der Waals surface area (Å²) in [5.41, 5.74) is 0. The number of amides is 4. The van der Waals surface area contributed by atoms with Crippen LogP contribution in [0.3, 0.4) is 0 Å². The fourth-order valence-corrected chi connectivity index (χ4v) is 0.906. The topological polar surface area (TPSA) is 82.9 Å². The van der Waals surface area contributed by atoms with Crippen molar-refractivity contribution < 1.29 is 9.59 Å². The van der Waals surface area contributed by atoms with Gasteiger partial charge in [0.25, 0.3) is 0 Å². The van der Waals surface area contributed by atoms with Gasteiger partial charge in [0.1, 0.15) is 0 Å². The molecule has 4 amide bonds. The summed E-state index contributed by atoms with van der Waals surface area (Å²) < 4.78 is 0. The molecule has 0 aliphatic rings. The minimum atomic E-state index is -0.570. The lowest BCUT2D eigenvalue weighted by Crippen LogP contribution is -2.23. The Labute approximate surface area is 95.9 Å². The number of unbranched alkanes of at least 4 members (excludes halogenated alkanes) is 2. The Bertz CT molecular complexity index is 217. The zero-order valence-corrected chi connectivity index (χ0v) is 9.95. The smallest absolute Gasteiger partial charge is 0.335 e. The minimum absolute atomic E-state index is 0.561. The Hall–Kier alpha value is -1.46. The highest BCUT2D eigenvalue weighted by Gasteiger charge is 1.99. The first kappa shape index (κ1) is 14.5. The number of nitrogens with one attached hydrogen (secondary N) is 2. The molecular weight excluding hydrogens is 208 g/mol. The van der Waals surface area contributed by atoms with Gasteiger partial charge in [-0.15, -0.1) is 0 Å². The van der Waals surface area contributed by atoms with E-state index in [1.165, 1.54) is 0 Å². The maximum absolute atomic E-state index is 11.0. The SMILES string of the molecule is CCCCNC(=O)N=NC(=O)NCCCC. The van der Waals surface area contributed by atoms with E-state index in [4.69, 9.17) is 0 Å². The summed E-state index contributed by atoms with van der Waals surface area (Å²) in [4.78, 5) is 22.0. The van der Waals surface area contributed by atoms with E-state index in [1.807, 2.05) is 13.8 Å². The molecular formula is C10H20N4O2. The van der Waals surface area contributed by atoms with Crippen LogP contribution in [0.1, 0.15) is 39.5 Å². The van der Waals surface area contributed by atoms with Crippen LogP contribution < -0.4 is 10.6 Å². The second-order valence-electron chi connectivity index (χ2n) is 3.37. The van der Waals surface area contributed by atoms with Crippen LogP contribution in [0.2, 0.25) is 0 Å². The van der Waals surface area contributed by atoms with Crippen molar-refractivity contribution >= 4 is 12.1 Å². The summed E-state index contributed by atoms with van der Waals surface area (Å²) in [5, 5.41) is 11.5. The Morgan fingerprint density at radius 3 is 1.56 bits per heavy atom. The van der Waals surface area contributed by atoms with Gasteiger partial charge in [-0.25, -0.2) is 9.59 Å². The van der Waals surface area contributed by atoms with E-state index in [0.717, 1.165) is 25.7 Å². The number of rotatable bonds is 6. The van der Waals surface area contributed by atoms with Crippen LogP contribution in [0.4, 0.5) is 9.59 Å². The fourth-order valence-electron chi connectivity index (χ4n) is 0.906. The van der Waals surface area contributed by atoms with Gasteiger partial charge in [0.05, 0.1) is 0 Å². The van der Waals surface area contributed by atoms with Crippen molar-refractivity contribution in [2.45, 2.75) is 39.5 Å². The molecule has 0 aromatic rings. The molecule has 0 fully saturated rings. The molecule has 0 aromatic heterocycles. The zero-order chi connectivity index (χ0) is 12.2. The minimum Gasteiger partial charge on any atom is -0.335 e. The van der Waals surface area contributed by atoms with Crippen LogP contribution in [0, 0.1) is 0 Å². The predicted molar refractivity (Wildman–Crippen MR) is 61.5 cm³/mol. The molecule has 0 heterocycles. The standard InChI is InChI=1S/C10H20N4O2/c1-3-5-7-11-9(15)13-14-10(16)12-8-6-4-2/h3-8H2,1-2H3,(H,11,15)(H,12,16). The summed E-state index contributed by atoms with van der Waals surface area (Å²) in [5.74, 6) is 0. The Balaban J connectivity index is 3.63. The maximum Gasteiger partial charge on any atom is 0.359 e.